The van der Waals surface area contributed by atoms with Gasteiger partial charge in [0.2, 0.25) is 0 Å². The number of carboxylic acid groups (broad SMARTS) is 2. The molecule has 7 rings (SSSR count). The van der Waals surface area contributed by atoms with Gasteiger partial charge in [0.05, 0.1) is 26.2 Å². The number of halogens is 1. The van der Waals surface area contributed by atoms with Crippen LogP contribution in [0.25, 0.3) is 32.0 Å². The molecule has 0 atom stereocenters. The van der Waals surface area contributed by atoms with E-state index in [2.05, 4.69) is 266 Å². The first-order valence-electron chi connectivity index (χ1n) is 33.3. The van der Waals surface area contributed by atoms with Crippen molar-refractivity contribution in [3.8, 4) is 32.0 Å². The van der Waals surface area contributed by atoms with Gasteiger partial charge >= 0.3 is 6.47 Å². The molecule has 0 aliphatic carbocycles. The first kappa shape index (κ1) is 103. The number of aliphatic carboxylic acids is 2. The maximum Gasteiger partial charge on any atom is 0.330 e. The number of carbonyl (C=O) groups excluding carboxylic acids is 1. The largest absolute Gasteiger partial charge is 0.481 e. The second-order valence-corrected chi connectivity index (χ2v) is 39.4. The number of unbranched alkanes of at least 4 members (excludes halogenated alkanes) is 10. The van der Waals surface area contributed by atoms with Gasteiger partial charge in [-0.05, 0) is 113 Å². The number of carboxylic acids is 2. The van der Waals surface area contributed by atoms with Gasteiger partial charge < -0.3 is 15.1 Å². The third-order valence-corrected chi connectivity index (χ3v) is 24.7. The number of sulfone groups is 2. The van der Waals surface area contributed by atoms with Crippen LogP contribution in [0.1, 0.15) is 225 Å². The van der Waals surface area contributed by atoms with Crippen LogP contribution in [0.4, 0.5) is 0 Å². The number of hydrogen-bond donors (Lipinski definition) is 3. The van der Waals surface area contributed by atoms with E-state index in [0.29, 0.717) is 25.9 Å². The molecule has 5 aromatic carbocycles. The first-order valence-corrected chi connectivity index (χ1v) is 40.5. The molecule has 2 heterocycles. The fourth-order valence-corrected chi connectivity index (χ4v) is 20.2. The van der Waals surface area contributed by atoms with Crippen molar-refractivity contribution in [2.75, 3.05) is 11.5 Å². The van der Waals surface area contributed by atoms with Crippen LogP contribution in [-0.4, -0.2) is 210 Å². The zero-order valence-corrected chi connectivity index (χ0v) is 83.2. The van der Waals surface area contributed by atoms with Crippen molar-refractivity contribution in [3.63, 3.8) is 0 Å². The molecule has 11 nitrogen and oxygen atoms in total. The number of benzene rings is 5. The minimum Gasteiger partial charge on any atom is -0.481 e. The second-order valence-electron chi connectivity index (χ2n) is 28.6. The quantitative estimate of drug-likeness (QED) is 0.0155. The molecule has 0 saturated heterocycles. The Bertz CT molecular complexity index is 3520. The molecule has 544 valence electrons. The van der Waals surface area contributed by atoms with E-state index >= 15 is 0 Å². The predicted octanol–water partition coefficient (Wildman–Crippen LogP) is 22.5. The maximum atomic E-state index is 13.6. The van der Waals surface area contributed by atoms with E-state index in [0.717, 1.165) is 77.7 Å². The van der Waals surface area contributed by atoms with Crippen LogP contribution in [-0.2, 0) is 75.6 Å². The molecule has 0 aliphatic rings. The van der Waals surface area contributed by atoms with Crippen molar-refractivity contribution in [1.29, 1.82) is 0 Å². The molecule has 0 spiro atoms. The Morgan fingerprint density at radius 2 is 0.879 bits per heavy atom. The summed E-state index contributed by atoms with van der Waals surface area (Å²) >= 11 is 6.44. The topological polar surface area (TPSA) is 189 Å². The molecule has 3 N–H and O–H groups in total. The van der Waals surface area contributed by atoms with E-state index in [1.54, 1.807) is 22.8 Å². The summed E-state index contributed by atoms with van der Waals surface area (Å²) in [4.78, 5) is 32.4. The van der Waals surface area contributed by atoms with Gasteiger partial charge in [-0.3, -0.25) is 14.4 Å². The predicted molar refractivity (Wildman–Crippen MR) is 426 cm³/mol. The fraction of sp³-hybridized carbons (Fsp3) is 0.481. The average Bonchev–Trinajstić information content (AvgIpc) is 1.66. The van der Waals surface area contributed by atoms with Crippen LogP contribution >= 0.6 is 46.5 Å². The summed E-state index contributed by atoms with van der Waals surface area (Å²) in [5, 5.41) is 27.5. The Labute approximate surface area is 747 Å². The molecule has 0 bridgehead atoms. The van der Waals surface area contributed by atoms with Gasteiger partial charge in [-0.25, -0.2) is 22.1 Å². The molecule has 0 aliphatic heterocycles. The fourth-order valence-electron chi connectivity index (χ4n) is 10.2. The van der Waals surface area contributed by atoms with Crippen LogP contribution in [0.15, 0.2) is 165 Å². The minimum atomic E-state index is -3.38. The number of hydrogen-bond acceptors (Lipinski definition) is 11. The minimum absolute atomic E-state index is 0. The Balaban J connectivity index is -0.00000125. The SMILES string of the molecule is CC(=O)O.CC(=O)O.CC(C)(C)P(c1ccccc1-c1ccccc1)C(C)(C)C.CC(C)(C)c1ccc(Br)cc1.CCCCCCCCS(=O)(=O)c1cc(-c2ccc(C(C)(C)C)cc2)sc1-c1ccc(C(C)(C)C)cc1.CCCCCCCCS(=O)(=O)c1ccsc1.O=COO.[Cs].[Cs].[Pd]. The second kappa shape index (κ2) is 51.7. The molecule has 0 saturated carbocycles. The summed E-state index contributed by atoms with van der Waals surface area (Å²) in [5.41, 5.74) is 9.08. The van der Waals surface area contributed by atoms with Crippen molar-refractivity contribution in [3.05, 3.63) is 171 Å². The summed E-state index contributed by atoms with van der Waals surface area (Å²) in [7, 11) is -6.66. The molecule has 20 heteroatoms. The third-order valence-electron chi connectivity index (χ3n) is 14.8. The Hall–Kier alpha value is -0.554. The zero-order valence-electron chi connectivity index (χ0n) is 63.3. The van der Waals surface area contributed by atoms with E-state index in [4.69, 9.17) is 29.9 Å². The van der Waals surface area contributed by atoms with Gasteiger partial charge in [-0.1, -0.05) is 321 Å². The molecule has 99 heavy (non-hydrogen) atoms. The molecule has 2 aromatic heterocycles. The standard InChI is InChI=1S/C32H44O2S2.C20H27P.C12H20O2S2.C10H13Br.2C2H4O2.CH2O3.2Cs.Pd/c1-8-9-10-11-12-13-22-36(33,34)29-23-28(24-14-18-26(19-15-24)31(2,3)4)35-30(29)25-16-20-27(21-17-25)32(5,6)7;1-19(2,3)21(20(4,5)6)18-15-11-10-14-17(18)16-12-8-7-9-13-16;1-2-3-4-5-6-7-10-16(13,14)12-8-9-15-11-12;1-10(2,3)8-4-6-9(11)7-5-8;2*1-2(3)4;2-1-4-3;;;/h14-21,23H,8-13,22H2,1-7H3;7-15H,1-6H3;8-9,11H,2-7,10H2,1H3;4-7H,1-3H3;2*1H3,(H,3,4);1,3H;;;. The molecular weight excluding hydrogens is 1740 g/mol. The van der Waals surface area contributed by atoms with Crippen LogP contribution in [0.2, 0.25) is 0 Å². The van der Waals surface area contributed by atoms with Gasteiger partial charge in [0.1, 0.15) is 0 Å². The van der Waals surface area contributed by atoms with E-state index in [-0.39, 0.29) is 195 Å². The van der Waals surface area contributed by atoms with Gasteiger partial charge in [0.25, 0.3) is 11.9 Å². The van der Waals surface area contributed by atoms with Crippen LogP contribution in [0, 0.1) is 0 Å². The van der Waals surface area contributed by atoms with Crippen LogP contribution in [0.5, 0.6) is 0 Å². The van der Waals surface area contributed by atoms with E-state index in [9.17, 15) is 16.8 Å². The van der Waals surface area contributed by atoms with Crippen LogP contribution in [0.3, 0.4) is 0 Å². The summed E-state index contributed by atoms with van der Waals surface area (Å²) in [5.74, 6) is -1.15. The molecule has 0 unspecified atom stereocenters. The molecule has 7 aromatic rings. The summed E-state index contributed by atoms with van der Waals surface area (Å²) < 4.78 is 51.9. The van der Waals surface area contributed by atoms with Crippen molar-refractivity contribution in [2.24, 2.45) is 0 Å². The van der Waals surface area contributed by atoms with E-state index in [1.807, 2.05) is 11.4 Å². The van der Waals surface area contributed by atoms with E-state index < -0.39 is 31.6 Å². The van der Waals surface area contributed by atoms with Gasteiger partial charge in [0, 0.05) is 187 Å². The van der Waals surface area contributed by atoms with Crippen molar-refractivity contribution >= 4 is 228 Å². The van der Waals surface area contributed by atoms with Gasteiger partial charge in [-0.2, -0.15) is 11.3 Å². The van der Waals surface area contributed by atoms with Crippen molar-refractivity contribution in [1.82, 2.24) is 0 Å². The maximum absolute atomic E-state index is 13.6. The number of carbonyl (C=O) groups is 3. The van der Waals surface area contributed by atoms with Crippen molar-refractivity contribution < 1.29 is 72.0 Å². The molecule has 0 amide bonds. The first-order chi connectivity index (χ1) is 44.6. The Morgan fingerprint density at radius 1 is 0.515 bits per heavy atom. The summed E-state index contributed by atoms with van der Waals surface area (Å²) in [6.45, 7) is 40.6. The Morgan fingerprint density at radius 3 is 1.25 bits per heavy atom. The number of thiophene rings is 2. The average molecular weight is 1850 g/mol. The molecule has 2 radical (unpaired) electrons. The monoisotopic (exact) mass is 1850 g/mol. The normalized spacial score (nSPS) is 11.3. The van der Waals surface area contributed by atoms with Crippen LogP contribution < -0.4 is 5.30 Å². The summed E-state index contributed by atoms with van der Waals surface area (Å²) in [6.07, 6.45) is 13.1. The van der Waals surface area contributed by atoms with Gasteiger partial charge in [-0.15, -0.1) is 11.3 Å². The molecule has 0 fully saturated rings. The molecular formula is C79H114BrCs2O11PPdS4. The summed E-state index contributed by atoms with van der Waals surface area (Å²) in [6, 6.07) is 48.9. The van der Waals surface area contributed by atoms with Gasteiger partial charge in [0.15, 0.2) is 19.7 Å². The Kier molecular flexibility index (Phi) is 53.6. The third kappa shape index (κ3) is 42.5. The number of rotatable bonds is 21. The van der Waals surface area contributed by atoms with E-state index in [1.165, 1.54) is 83.0 Å². The smallest absolute Gasteiger partial charge is 0.330 e. The zero-order chi connectivity index (χ0) is 73.1. The van der Waals surface area contributed by atoms with Crippen molar-refractivity contribution in [2.45, 2.75) is 245 Å².